The van der Waals surface area contributed by atoms with Crippen LogP contribution in [0, 0.1) is 25.2 Å². The van der Waals surface area contributed by atoms with E-state index in [1.54, 1.807) is 17.9 Å². The molecular weight excluding hydrogens is 262 g/mol. The Labute approximate surface area is 116 Å². The summed E-state index contributed by atoms with van der Waals surface area (Å²) in [5.41, 5.74) is 0.454. The molecule has 2 rings (SSSR count). The number of aryl methyl sites for hydroxylation is 1. The van der Waals surface area contributed by atoms with Crippen molar-refractivity contribution >= 4 is 28.2 Å². The maximum atomic E-state index is 12.0. The highest BCUT2D eigenvalue weighted by Gasteiger charge is 2.33. The molecule has 0 spiro atoms. The average Bonchev–Trinajstić information content (AvgIpc) is 2.92. The molecule has 1 aliphatic rings. The Morgan fingerprint density at radius 2 is 2.42 bits per heavy atom. The maximum absolute atomic E-state index is 12.0. The third-order valence-corrected chi connectivity index (χ3v) is 4.01. The minimum atomic E-state index is -0.390. The smallest absolute Gasteiger partial charge is 0.341 e. The summed E-state index contributed by atoms with van der Waals surface area (Å²) in [6.07, 6.45) is 5.71. The molecule has 1 fully saturated rings. The van der Waals surface area contributed by atoms with E-state index >= 15 is 0 Å². The monoisotopic (exact) mass is 277 g/mol. The fraction of sp³-hybridized carbons (Fsp3) is 0.429. The number of carbonyl (C=O) groups excluding carboxylic acids is 2. The van der Waals surface area contributed by atoms with Crippen molar-refractivity contribution in [2.45, 2.75) is 20.3 Å². The highest BCUT2D eigenvalue weighted by atomic mass is 32.1. The Morgan fingerprint density at radius 3 is 3.00 bits per heavy atom. The number of hydrogen-bond acceptors (Lipinski definition) is 4. The lowest BCUT2D eigenvalue weighted by Crippen LogP contribution is -2.25. The van der Waals surface area contributed by atoms with Gasteiger partial charge in [-0.2, -0.15) is 0 Å². The van der Waals surface area contributed by atoms with E-state index < -0.39 is 0 Å². The van der Waals surface area contributed by atoms with Gasteiger partial charge in [0.05, 0.1) is 12.2 Å². The van der Waals surface area contributed by atoms with Crippen molar-refractivity contribution < 1.29 is 14.3 Å². The van der Waals surface area contributed by atoms with Gasteiger partial charge in [0.2, 0.25) is 5.91 Å². The summed E-state index contributed by atoms with van der Waals surface area (Å²) >= 11 is 1.42. The number of anilines is 1. The van der Waals surface area contributed by atoms with E-state index in [2.05, 4.69) is 5.92 Å². The first kappa shape index (κ1) is 13.6. The zero-order valence-electron chi connectivity index (χ0n) is 10.9. The first-order valence-corrected chi connectivity index (χ1v) is 6.92. The molecule has 1 aromatic heterocycles. The first-order valence-electron chi connectivity index (χ1n) is 6.10. The van der Waals surface area contributed by atoms with Crippen LogP contribution in [0.15, 0.2) is 6.07 Å². The Balaban J connectivity index is 2.33. The average molecular weight is 277 g/mol. The molecule has 2 heterocycles. The van der Waals surface area contributed by atoms with E-state index in [1.807, 2.05) is 6.92 Å². The molecule has 1 aliphatic heterocycles. The van der Waals surface area contributed by atoms with Gasteiger partial charge in [0.1, 0.15) is 5.00 Å². The summed E-state index contributed by atoms with van der Waals surface area (Å²) in [5.74, 6) is 2.10. The molecule has 0 aromatic carbocycles. The number of esters is 1. The second-order valence-corrected chi connectivity index (χ2v) is 5.60. The summed E-state index contributed by atoms with van der Waals surface area (Å²) in [4.78, 5) is 26.4. The van der Waals surface area contributed by atoms with E-state index in [0.717, 1.165) is 4.88 Å². The van der Waals surface area contributed by atoms with Gasteiger partial charge in [0.15, 0.2) is 0 Å². The molecule has 4 nitrogen and oxygen atoms in total. The molecular formula is C14H15NO3S. The summed E-state index contributed by atoms with van der Waals surface area (Å²) < 4.78 is 5.02. The molecule has 5 heteroatoms. The second-order valence-electron chi connectivity index (χ2n) is 4.37. The summed E-state index contributed by atoms with van der Waals surface area (Å²) in [6.45, 7) is 4.44. The van der Waals surface area contributed by atoms with Crippen LogP contribution in [-0.2, 0) is 9.53 Å². The molecule has 0 radical (unpaired) electrons. The van der Waals surface area contributed by atoms with Crippen molar-refractivity contribution in [3.05, 3.63) is 16.5 Å². The van der Waals surface area contributed by atoms with Crippen LogP contribution in [0.1, 0.15) is 28.6 Å². The van der Waals surface area contributed by atoms with E-state index in [9.17, 15) is 9.59 Å². The van der Waals surface area contributed by atoms with Crippen LogP contribution in [0.3, 0.4) is 0 Å². The van der Waals surface area contributed by atoms with Gasteiger partial charge in [-0.05, 0) is 19.9 Å². The Kier molecular flexibility index (Phi) is 3.91. The highest BCUT2D eigenvalue weighted by Crippen LogP contribution is 2.35. The van der Waals surface area contributed by atoms with Crippen molar-refractivity contribution in [1.29, 1.82) is 0 Å². The number of rotatable bonds is 3. The SMILES string of the molecule is C#CC1CC(=O)N(c2sc(C)cc2C(=O)OCC)C1. The summed E-state index contributed by atoms with van der Waals surface area (Å²) in [7, 11) is 0. The van der Waals surface area contributed by atoms with Crippen molar-refractivity contribution in [3.8, 4) is 12.3 Å². The fourth-order valence-corrected chi connectivity index (χ4v) is 3.09. The van der Waals surface area contributed by atoms with E-state index in [0.29, 0.717) is 30.1 Å². The van der Waals surface area contributed by atoms with Crippen LogP contribution >= 0.6 is 11.3 Å². The lowest BCUT2D eigenvalue weighted by molar-refractivity contribution is -0.117. The zero-order valence-corrected chi connectivity index (χ0v) is 11.8. The van der Waals surface area contributed by atoms with Crippen LogP contribution in [0.4, 0.5) is 5.00 Å². The standard InChI is InChI=1S/C14H15NO3S/c1-4-10-7-12(16)15(8-10)13-11(6-9(3)19-13)14(17)18-5-2/h1,6,10H,5,7-8H2,2-3H3. The summed E-state index contributed by atoms with van der Waals surface area (Å²) in [5, 5.41) is 0.652. The number of nitrogens with zero attached hydrogens (tertiary/aromatic N) is 1. The predicted octanol–water partition coefficient (Wildman–Crippen LogP) is 2.22. The topological polar surface area (TPSA) is 46.6 Å². The van der Waals surface area contributed by atoms with Crippen molar-refractivity contribution in [2.75, 3.05) is 18.1 Å². The molecule has 1 aromatic rings. The lowest BCUT2D eigenvalue weighted by atomic mass is 10.1. The van der Waals surface area contributed by atoms with E-state index in [-0.39, 0.29) is 17.8 Å². The quantitative estimate of drug-likeness (QED) is 0.628. The minimum Gasteiger partial charge on any atom is -0.462 e. The van der Waals surface area contributed by atoms with Crippen LogP contribution in [-0.4, -0.2) is 25.0 Å². The Morgan fingerprint density at radius 1 is 1.68 bits per heavy atom. The molecule has 1 saturated heterocycles. The van der Waals surface area contributed by atoms with Gasteiger partial charge in [-0.3, -0.25) is 4.79 Å². The molecule has 19 heavy (non-hydrogen) atoms. The third-order valence-electron chi connectivity index (χ3n) is 2.94. The largest absolute Gasteiger partial charge is 0.462 e. The second kappa shape index (κ2) is 5.45. The van der Waals surface area contributed by atoms with Gasteiger partial charge in [-0.25, -0.2) is 4.79 Å². The van der Waals surface area contributed by atoms with Gasteiger partial charge in [0.25, 0.3) is 0 Å². The molecule has 1 unspecified atom stereocenters. The molecule has 1 atom stereocenters. The molecule has 1 amide bonds. The van der Waals surface area contributed by atoms with Crippen molar-refractivity contribution in [2.24, 2.45) is 5.92 Å². The fourth-order valence-electron chi connectivity index (χ4n) is 2.07. The van der Waals surface area contributed by atoms with Gasteiger partial charge in [-0.15, -0.1) is 23.7 Å². The van der Waals surface area contributed by atoms with Gasteiger partial charge in [-0.1, -0.05) is 0 Å². The Hall–Kier alpha value is -1.80. The number of thiophene rings is 1. The van der Waals surface area contributed by atoms with Crippen LogP contribution in [0.5, 0.6) is 0 Å². The lowest BCUT2D eigenvalue weighted by Gasteiger charge is -2.15. The van der Waals surface area contributed by atoms with Crippen LogP contribution in [0.2, 0.25) is 0 Å². The molecule has 100 valence electrons. The number of carbonyl (C=O) groups is 2. The van der Waals surface area contributed by atoms with Gasteiger partial charge >= 0.3 is 5.97 Å². The molecule has 0 N–H and O–H groups in total. The van der Waals surface area contributed by atoms with Gasteiger partial charge in [0, 0.05) is 23.8 Å². The van der Waals surface area contributed by atoms with Gasteiger partial charge < -0.3 is 9.64 Å². The number of hydrogen-bond donors (Lipinski definition) is 0. The highest BCUT2D eigenvalue weighted by molar-refractivity contribution is 7.16. The van der Waals surface area contributed by atoms with E-state index in [4.69, 9.17) is 11.2 Å². The Bertz CT molecular complexity index is 556. The molecule has 0 bridgehead atoms. The molecule has 0 aliphatic carbocycles. The number of ether oxygens (including phenoxy) is 1. The van der Waals surface area contributed by atoms with Crippen molar-refractivity contribution in [3.63, 3.8) is 0 Å². The number of terminal acetylenes is 1. The maximum Gasteiger partial charge on any atom is 0.341 e. The minimum absolute atomic E-state index is 0.0321. The number of amides is 1. The zero-order chi connectivity index (χ0) is 14.0. The first-order chi connectivity index (χ1) is 9.06. The van der Waals surface area contributed by atoms with Crippen molar-refractivity contribution in [1.82, 2.24) is 0 Å². The van der Waals surface area contributed by atoms with E-state index in [1.165, 1.54) is 11.3 Å². The summed E-state index contributed by atoms with van der Waals surface area (Å²) in [6, 6.07) is 1.76. The molecule has 0 saturated carbocycles. The predicted molar refractivity (Wildman–Crippen MR) is 74.3 cm³/mol. The normalized spacial score (nSPS) is 18.5. The van der Waals surface area contributed by atoms with Crippen LogP contribution < -0.4 is 4.90 Å². The van der Waals surface area contributed by atoms with Crippen LogP contribution in [0.25, 0.3) is 0 Å². The third kappa shape index (κ3) is 2.64.